The minimum Gasteiger partial charge on any atom is -0.481 e. The van der Waals surface area contributed by atoms with Crippen molar-refractivity contribution in [1.29, 1.82) is 0 Å². The maximum absolute atomic E-state index is 11.0. The summed E-state index contributed by atoms with van der Waals surface area (Å²) in [6.07, 6.45) is 7.12. The zero-order chi connectivity index (χ0) is 9.26. The van der Waals surface area contributed by atoms with Crippen LogP contribution in [0, 0.1) is 11.8 Å². The van der Waals surface area contributed by atoms with E-state index in [0.29, 0.717) is 6.61 Å². The number of hydrogen-bond acceptors (Lipinski definition) is 2. The zero-order valence-electron chi connectivity index (χ0n) is 7.48. The molecule has 0 spiro atoms. The van der Waals surface area contributed by atoms with Gasteiger partial charge in [-0.05, 0) is 25.2 Å². The van der Waals surface area contributed by atoms with Crippen LogP contribution in [-0.4, -0.2) is 23.8 Å². The average molecular weight is 182 g/mol. The molecule has 1 N–H and O–H groups in total. The van der Waals surface area contributed by atoms with Crippen molar-refractivity contribution in [2.45, 2.75) is 25.4 Å². The van der Waals surface area contributed by atoms with Crippen LogP contribution in [0.25, 0.3) is 0 Å². The third-order valence-electron chi connectivity index (χ3n) is 2.86. The Labute approximate surface area is 77.4 Å². The summed E-state index contributed by atoms with van der Waals surface area (Å²) < 4.78 is 5.08. The van der Waals surface area contributed by atoms with Gasteiger partial charge in [0.05, 0.1) is 18.6 Å². The van der Waals surface area contributed by atoms with Crippen LogP contribution in [0.1, 0.15) is 19.3 Å². The summed E-state index contributed by atoms with van der Waals surface area (Å²) in [6.45, 7) is 0.636. The Hall–Kier alpha value is -0.830. The molecule has 1 saturated heterocycles. The molecule has 1 aliphatic carbocycles. The minimum atomic E-state index is -0.692. The highest BCUT2D eigenvalue weighted by Crippen LogP contribution is 2.34. The third-order valence-corrected chi connectivity index (χ3v) is 2.86. The second-order valence-electron chi connectivity index (χ2n) is 3.78. The van der Waals surface area contributed by atoms with Crippen LogP contribution >= 0.6 is 0 Å². The molecule has 3 nitrogen and oxygen atoms in total. The maximum atomic E-state index is 11.0. The van der Waals surface area contributed by atoms with Gasteiger partial charge >= 0.3 is 5.97 Å². The molecular formula is C10H14O3. The van der Waals surface area contributed by atoms with Crippen molar-refractivity contribution in [1.82, 2.24) is 0 Å². The van der Waals surface area contributed by atoms with E-state index in [1.165, 1.54) is 0 Å². The van der Waals surface area contributed by atoms with E-state index in [9.17, 15) is 4.79 Å². The molecule has 3 heteroatoms. The summed E-state index contributed by atoms with van der Waals surface area (Å²) in [5.74, 6) is -0.678. The van der Waals surface area contributed by atoms with Gasteiger partial charge in [-0.2, -0.15) is 0 Å². The molecule has 0 amide bonds. The highest BCUT2D eigenvalue weighted by molar-refractivity contribution is 5.71. The van der Waals surface area contributed by atoms with E-state index in [4.69, 9.17) is 9.84 Å². The van der Waals surface area contributed by atoms with Gasteiger partial charge in [-0.15, -0.1) is 0 Å². The van der Waals surface area contributed by atoms with E-state index in [2.05, 4.69) is 12.2 Å². The molecule has 1 aliphatic heterocycles. The molecule has 1 fully saturated rings. The highest BCUT2D eigenvalue weighted by Gasteiger charge is 2.42. The van der Waals surface area contributed by atoms with Crippen molar-refractivity contribution in [3.63, 3.8) is 0 Å². The number of aliphatic carboxylic acids is 1. The van der Waals surface area contributed by atoms with Crippen molar-refractivity contribution >= 4 is 5.97 Å². The maximum Gasteiger partial charge on any atom is 0.309 e. The molecule has 72 valence electrons. The molecule has 0 saturated carbocycles. The van der Waals surface area contributed by atoms with Crippen molar-refractivity contribution in [2.75, 3.05) is 6.61 Å². The second-order valence-corrected chi connectivity index (χ2v) is 3.78. The number of carboxylic acids is 1. The fourth-order valence-electron chi connectivity index (χ4n) is 2.07. The summed E-state index contributed by atoms with van der Waals surface area (Å²) in [6, 6.07) is 0. The Morgan fingerprint density at radius 3 is 2.77 bits per heavy atom. The number of allylic oxidation sites excluding steroid dienone is 2. The quantitative estimate of drug-likeness (QED) is 0.530. The van der Waals surface area contributed by atoms with E-state index in [0.717, 1.165) is 19.3 Å². The lowest BCUT2D eigenvalue weighted by Crippen LogP contribution is -2.29. The van der Waals surface area contributed by atoms with Crippen LogP contribution in [0.5, 0.6) is 0 Å². The monoisotopic (exact) mass is 182 g/mol. The lowest BCUT2D eigenvalue weighted by atomic mass is 9.81. The van der Waals surface area contributed by atoms with Crippen molar-refractivity contribution in [3.8, 4) is 0 Å². The Morgan fingerprint density at radius 2 is 2.31 bits per heavy atom. The summed E-state index contributed by atoms with van der Waals surface area (Å²) in [4.78, 5) is 11.0. The van der Waals surface area contributed by atoms with Crippen molar-refractivity contribution in [2.24, 2.45) is 11.8 Å². The zero-order valence-corrected chi connectivity index (χ0v) is 7.48. The Balaban J connectivity index is 2.01. The number of carboxylic acid groups (broad SMARTS) is 1. The molecule has 0 aromatic carbocycles. The summed E-state index contributed by atoms with van der Waals surface area (Å²) >= 11 is 0. The lowest BCUT2D eigenvalue weighted by Gasteiger charge is -2.23. The molecule has 0 aromatic rings. The highest BCUT2D eigenvalue weighted by atomic mass is 16.6. The SMILES string of the molecule is O=C(O)C(C1CC=CCC1)C1CO1. The van der Waals surface area contributed by atoms with E-state index in [1.54, 1.807) is 0 Å². The van der Waals surface area contributed by atoms with Gasteiger partial charge in [0.25, 0.3) is 0 Å². The van der Waals surface area contributed by atoms with Gasteiger partial charge < -0.3 is 9.84 Å². The van der Waals surface area contributed by atoms with Gasteiger partial charge in [0.15, 0.2) is 0 Å². The van der Waals surface area contributed by atoms with E-state index in [1.807, 2.05) is 0 Å². The largest absolute Gasteiger partial charge is 0.481 e. The van der Waals surface area contributed by atoms with Crippen LogP contribution < -0.4 is 0 Å². The molecule has 0 radical (unpaired) electrons. The number of hydrogen-bond donors (Lipinski definition) is 1. The molecule has 3 unspecified atom stereocenters. The van der Waals surface area contributed by atoms with Crippen molar-refractivity contribution in [3.05, 3.63) is 12.2 Å². The van der Waals surface area contributed by atoms with Crippen LogP contribution in [0.15, 0.2) is 12.2 Å². The Bertz CT molecular complexity index is 230. The smallest absolute Gasteiger partial charge is 0.309 e. The normalized spacial score (nSPS) is 34.2. The molecule has 0 aromatic heterocycles. The predicted octanol–water partition coefficient (Wildman–Crippen LogP) is 1.44. The fraction of sp³-hybridized carbons (Fsp3) is 0.700. The predicted molar refractivity (Wildman–Crippen MR) is 47.3 cm³/mol. The topological polar surface area (TPSA) is 49.8 Å². The molecule has 2 aliphatic rings. The molecular weight excluding hydrogens is 168 g/mol. The van der Waals surface area contributed by atoms with E-state index < -0.39 is 5.97 Å². The van der Waals surface area contributed by atoms with Crippen molar-refractivity contribution < 1.29 is 14.6 Å². The second kappa shape index (κ2) is 3.50. The first-order chi connectivity index (χ1) is 6.29. The molecule has 2 rings (SSSR count). The fourth-order valence-corrected chi connectivity index (χ4v) is 2.07. The summed E-state index contributed by atoms with van der Waals surface area (Å²) in [5, 5.41) is 9.03. The Morgan fingerprint density at radius 1 is 1.54 bits per heavy atom. The average Bonchev–Trinajstić information content (AvgIpc) is 2.90. The third kappa shape index (κ3) is 1.91. The van der Waals surface area contributed by atoms with Crippen LogP contribution in [-0.2, 0) is 9.53 Å². The summed E-state index contributed by atoms with van der Waals surface area (Å²) in [5.41, 5.74) is 0. The summed E-state index contributed by atoms with van der Waals surface area (Å²) in [7, 11) is 0. The van der Waals surface area contributed by atoms with E-state index in [-0.39, 0.29) is 17.9 Å². The standard InChI is InChI=1S/C10H14O3/c11-10(12)9(8-6-13-8)7-4-2-1-3-5-7/h1-2,7-9H,3-6H2,(H,11,12). The van der Waals surface area contributed by atoms with Crippen LogP contribution in [0.4, 0.5) is 0 Å². The first-order valence-corrected chi connectivity index (χ1v) is 4.78. The van der Waals surface area contributed by atoms with Gasteiger partial charge in [-0.1, -0.05) is 12.2 Å². The van der Waals surface area contributed by atoms with Gasteiger partial charge in [-0.25, -0.2) is 0 Å². The first-order valence-electron chi connectivity index (χ1n) is 4.78. The van der Waals surface area contributed by atoms with Crippen LogP contribution in [0.2, 0.25) is 0 Å². The van der Waals surface area contributed by atoms with Gasteiger partial charge in [-0.3, -0.25) is 4.79 Å². The molecule has 3 atom stereocenters. The number of epoxide rings is 1. The van der Waals surface area contributed by atoms with Gasteiger partial charge in [0.2, 0.25) is 0 Å². The molecule has 13 heavy (non-hydrogen) atoms. The first kappa shape index (κ1) is 8.75. The van der Waals surface area contributed by atoms with Gasteiger partial charge in [0, 0.05) is 0 Å². The minimum absolute atomic E-state index is 0.00556. The van der Waals surface area contributed by atoms with E-state index >= 15 is 0 Å². The molecule has 0 bridgehead atoms. The molecule has 1 heterocycles. The number of ether oxygens (including phenoxy) is 1. The lowest BCUT2D eigenvalue weighted by molar-refractivity contribution is -0.144. The number of carbonyl (C=O) groups is 1. The Kier molecular flexibility index (Phi) is 2.36. The van der Waals surface area contributed by atoms with Gasteiger partial charge in [0.1, 0.15) is 0 Å². The van der Waals surface area contributed by atoms with Crippen LogP contribution in [0.3, 0.4) is 0 Å². The number of rotatable bonds is 3.